The van der Waals surface area contributed by atoms with Gasteiger partial charge in [-0.2, -0.15) is 6.08 Å². The number of hydrogen-bond donors (Lipinski definition) is 0. The summed E-state index contributed by atoms with van der Waals surface area (Å²) < 4.78 is 2.17. The zero-order valence-electron chi connectivity index (χ0n) is 29.4. The molecule has 0 heterocycles. The molecule has 0 radical (unpaired) electrons. The Bertz CT molecular complexity index is 1940. The van der Waals surface area contributed by atoms with Crippen molar-refractivity contribution in [2.45, 2.75) is 58.8 Å². The molecule has 50 heavy (non-hydrogen) atoms. The molecule has 0 aromatic heterocycles. The van der Waals surface area contributed by atoms with Crippen molar-refractivity contribution >= 4 is 48.5 Å². The van der Waals surface area contributed by atoms with Crippen LogP contribution in [0.1, 0.15) is 64.7 Å². The van der Waals surface area contributed by atoms with Gasteiger partial charge >= 0.3 is 63.8 Å². The summed E-state index contributed by atoms with van der Waals surface area (Å²) in [4.78, 5) is 0. The minimum atomic E-state index is 0. The number of hydrogen-bond acceptors (Lipinski definition) is 0. The van der Waals surface area contributed by atoms with Crippen LogP contribution in [0.5, 0.6) is 0 Å². The van der Waals surface area contributed by atoms with Gasteiger partial charge in [0.2, 0.25) is 0 Å². The second-order valence-electron chi connectivity index (χ2n) is 14.2. The number of halogens is 4. The van der Waals surface area contributed by atoms with Crippen molar-refractivity contribution in [3.63, 3.8) is 0 Å². The molecule has 7 rings (SSSR count). The first kappa shape index (κ1) is 41.8. The average Bonchev–Trinajstić information content (AvgIpc) is 3.76. The third-order valence-corrected chi connectivity index (χ3v) is 9.78. The Balaban J connectivity index is 0.000000377. The number of fused-ring (bicyclic) bond motifs is 3. The van der Waals surface area contributed by atoms with Gasteiger partial charge in [0.25, 0.3) is 0 Å². The number of benzene rings is 5. The molecule has 0 atom stereocenters. The quantitative estimate of drug-likeness (QED) is 0.161. The first-order chi connectivity index (χ1) is 22.8. The summed E-state index contributed by atoms with van der Waals surface area (Å²) in [5, 5.41) is 6.69. The first-order valence-electron chi connectivity index (χ1n) is 16.4. The minimum absolute atomic E-state index is 0. The summed E-state index contributed by atoms with van der Waals surface area (Å²) in [6.45, 7) is 13.7. The van der Waals surface area contributed by atoms with Gasteiger partial charge < -0.3 is 24.8 Å². The summed E-state index contributed by atoms with van der Waals surface area (Å²) in [5.74, 6) is 0. The molecule has 0 spiro atoms. The molecule has 0 amide bonds. The van der Waals surface area contributed by atoms with E-state index in [1.54, 1.807) is 0 Å². The predicted octanol–water partition coefficient (Wildman–Crippen LogP) is 7.65. The van der Waals surface area contributed by atoms with Crippen LogP contribution in [0.3, 0.4) is 0 Å². The zero-order valence-corrected chi connectivity index (χ0v) is 34.9. The molecule has 0 unspecified atom stereocenters. The number of allylic oxidation sites excluding steroid dienone is 4. The van der Waals surface area contributed by atoms with Gasteiger partial charge in [0, 0.05) is 10.0 Å². The molecular formula is C45H42Cl4Zr-2. The SMILES string of the molecule is CC(C)(C)c1cc2c(cc1-c1ccc(Cl)cc1)[cH-]c1cc(-c3ccc(Cl)cc3)c(C(C)(C)C)cc12.[C-]1=CC=CC1.[Cl-].[Cl-].[Zr+2]=[CH]c1ccccc1. The van der Waals surface area contributed by atoms with Crippen molar-refractivity contribution in [2.75, 3.05) is 0 Å². The molecule has 0 fully saturated rings. The summed E-state index contributed by atoms with van der Waals surface area (Å²) in [6, 6.07) is 38.6. The van der Waals surface area contributed by atoms with Gasteiger partial charge in [-0.3, -0.25) is 6.08 Å². The Morgan fingerprint density at radius 3 is 1.38 bits per heavy atom. The maximum atomic E-state index is 6.20. The molecule has 0 bridgehead atoms. The topological polar surface area (TPSA) is 0 Å². The molecule has 5 heteroatoms. The van der Waals surface area contributed by atoms with E-state index in [0.29, 0.717) is 0 Å². The van der Waals surface area contributed by atoms with E-state index in [1.807, 2.05) is 42.5 Å². The fraction of sp³-hybridized carbons (Fsp3) is 0.200. The predicted molar refractivity (Wildman–Crippen MR) is 209 cm³/mol. The van der Waals surface area contributed by atoms with E-state index in [0.717, 1.165) is 16.5 Å². The molecule has 0 saturated carbocycles. The number of rotatable bonds is 3. The van der Waals surface area contributed by atoms with Crippen LogP contribution in [-0.2, 0) is 35.1 Å². The molecule has 1 aliphatic rings. The van der Waals surface area contributed by atoms with E-state index in [-0.39, 0.29) is 35.6 Å². The van der Waals surface area contributed by atoms with Crippen molar-refractivity contribution in [1.29, 1.82) is 0 Å². The molecular weight excluding hydrogens is 774 g/mol. The van der Waals surface area contributed by atoms with Gasteiger partial charge in [-0.05, 0) is 68.5 Å². The Labute approximate surface area is 336 Å². The molecule has 256 valence electrons. The van der Waals surface area contributed by atoms with E-state index < -0.39 is 0 Å². The van der Waals surface area contributed by atoms with E-state index >= 15 is 0 Å². The van der Waals surface area contributed by atoms with Crippen molar-refractivity contribution in [3.8, 4) is 22.3 Å². The Morgan fingerprint density at radius 1 is 0.640 bits per heavy atom. The Morgan fingerprint density at radius 2 is 1.08 bits per heavy atom. The van der Waals surface area contributed by atoms with Crippen molar-refractivity contribution in [3.05, 3.63) is 160 Å². The normalized spacial score (nSPS) is 12.0. The molecule has 6 aromatic carbocycles. The third-order valence-electron chi connectivity index (χ3n) is 8.46. The fourth-order valence-electron chi connectivity index (χ4n) is 5.97. The van der Waals surface area contributed by atoms with Crippen LogP contribution in [0.15, 0.2) is 127 Å². The van der Waals surface area contributed by atoms with Crippen LogP contribution in [0.25, 0.3) is 43.8 Å². The summed E-state index contributed by atoms with van der Waals surface area (Å²) in [5.41, 5.74) is 8.96. The van der Waals surface area contributed by atoms with E-state index in [4.69, 9.17) is 23.2 Å². The monoisotopic (exact) mass is 812 g/mol. The summed E-state index contributed by atoms with van der Waals surface area (Å²) >= 11 is 13.9. The Kier molecular flexibility index (Phi) is 15.2. The van der Waals surface area contributed by atoms with Crippen LogP contribution in [0.2, 0.25) is 10.0 Å². The van der Waals surface area contributed by atoms with Crippen molar-refractivity contribution in [2.24, 2.45) is 0 Å². The third kappa shape index (κ3) is 10.5. The van der Waals surface area contributed by atoms with Crippen LogP contribution in [-0.4, -0.2) is 3.71 Å². The maximum absolute atomic E-state index is 6.20. The fourth-order valence-corrected chi connectivity index (χ4v) is 6.70. The summed E-state index contributed by atoms with van der Waals surface area (Å²) in [6.07, 6.45) is 10.0. The standard InChI is InChI=1S/C33H31Cl2.C7H6.C5H5.2ClH.Zr/c1-32(2,3)30-18-26-22(16-28(30)20-7-11-24(34)12-8-20)15-23-17-29(21-9-13-25(35)14-10-21)31(19-27(23)26)33(4,5)6;1-7-5-3-2-4-6-7;1-2-4-5-3-1;;;/h7-19H,1-6H3;1-6H;1-3H,4H2;2*1H;/q-1;;-1;;;+2/p-2. The molecule has 1 aliphatic carbocycles. The van der Waals surface area contributed by atoms with Gasteiger partial charge in [-0.15, -0.1) is 46.2 Å². The average molecular weight is 816 g/mol. The van der Waals surface area contributed by atoms with E-state index in [9.17, 15) is 0 Å². The van der Waals surface area contributed by atoms with Gasteiger partial charge in [0.15, 0.2) is 0 Å². The molecule has 0 N–H and O–H groups in total. The van der Waals surface area contributed by atoms with Gasteiger partial charge in [-0.25, -0.2) is 12.2 Å². The van der Waals surface area contributed by atoms with Crippen LogP contribution in [0.4, 0.5) is 0 Å². The summed E-state index contributed by atoms with van der Waals surface area (Å²) in [7, 11) is 0. The van der Waals surface area contributed by atoms with Crippen LogP contribution < -0.4 is 24.8 Å². The van der Waals surface area contributed by atoms with Crippen LogP contribution >= 0.6 is 23.2 Å². The van der Waals surface area contributed by atoms with Crippen molar-refractivity contribution in [1.82, 2.24) is 0 Å². The first-order valence-corrected chi connectivity index (χ1v) is 18.5. The molecule has 0 aliphatic heterocycles. The van der Waals surface area contributed by atoms with Gasteiger partial charge in [0.05, 0.1) is 0 Å². The van der Waals surface area contributed by atoms with Gasteiger partial charge in [0.1, 0.15) is 0 Å². The van der Waals surface area contributed by atoms with Gasteiger partial charge in [-0.1, -0.05) is 101 Å². The zero-order chi connectivity index (χ0) is 34.5. The van der Waals surface area contributed by atoms with E-state index in [1.165, 1.54) is 84.7 Å². The molecule has 6 aromatic rings. The second-order valence-corrected chi connectivity index (χ2v) is 15.8. The second kappa shape index (κ2) is 18.2. The molecule has 0 nitrogen and oxygen atoms in total. The Hall–Kier alpha value is -2.64. The van der Waals surface area contributed by atoms with Crippen LogP contribution in [0, 0.1) is 6.08 Å². The van der Waals surface area contributed by atoms with Crippen molar-refractivity contribution < 1.29 is 49.0 Å². The molecule has 0 saturated heterocycles. The van der Waals surface area contributed by atoms with E-state index in [2.05, 4.69) is 136 Å².